The van der Waals surface area contributed by atoms with Crippen LogP contribution in [0.5, 0.6) is 5.75 Å². The van der Waals surface area contributed by atoms with Crippen LogP contribution in [0.1, 0.15) is 30.9 Å². The Morgan fingerprint density at radius 3 is 2.87 bits per heavy atom. The summed E-state index contributed by atoms with van der Waals surface area (Å²) < 4.78 is 0. The van der Waals surface area contributed by atoms with Crippen LogP contribution in [-0.2, 0) is 4.79 Å². The minimum atomic E-state index is -0.393. The summed E-state index contributed by atoms with van der Waals surface area (Å²) in [4.78, 5) is 14.0. The van der Waals surface area contributed by atoms with E-state index in [0.717, 1.165) is 6.42 Å². The predicted molar refractivity (Wildman–Crippen MR) is 88.8 cm³/mol. The van der Waals surface area contributed by atoms with Gasteiger partial charge in [-0.2, -0.15) is 0 Å². The normalized spacial score (nSPS) is 27.6. The molecule has 2 aliphatic rings. The van der Waals surface area contributed by atoms with Crippen molar-refractivity contribution in [3.05, 3.63) is 27.7 Å². The van der Waals surface area contributed by atoms with Gasteiger partial charge in [-0.3, -0.25) is 4.79 Å². The summed E-state index contributed by atoms with van der Waals surface area (Å²) in [5.41, 5.74) is 0.603. The van der Waals surface area contributed by atoms with E-state index in [4.69, 9.17) is 23.2 Å². The number of phenols is 1. The second kappa shape index (κ2) is 6.85. The Labute approximate surface area is 145 Å². The molecule has 2 saturated heterocycles. The number of aliphatic hydroxyl groups is 1. The molecule has 1 amide bonds. The average Bonchev–Trinajstić information content (AvgIpc) is 3.13. The van der Waals surface area contributed by atoms with Gasteiger partial charge >= 0.3 is 0 Å². The maximum Gasteiger partial charge on any atom is 0.222 e. The number of nitrogens with one attached hydrogen (secondary N) is 1. The average molecular weight is 359 g/mol. The highest BCUT2D eigenvalue weighted by molar-refractivity contribution is 6.42. The van der Waals surface area contributed by atoms with E-state index in [1.807, 2.05) is 0 Å². The molecule has 0 saturated carbocycles. The number of benzene rings is 1. The predicted octanol–water partition coefficient (Wildman–Crippen LogP) is 2.33. The third-order valence-corrected chi connectivity index (χ3v) is 5.48. The second-order valence-corrected chi connectivity index (χ2v) is 7.13. The lowest BCUT2D eigenvalue weighted by Gasteiger charge is -2.18. The fourth-order valence-corrected chi connectivity index (χ4v) is 3.87. The van der Waals surface area contributed by atoms with Crippen LogP contribution in [0.3, 0.4) is 0 Å². The molecule has 1 unspecified atom stereocenters. The minimum Gasteiger partial charge on any atom is -0.508 e. The molecule has 3 N–H and O–H groups in total. The molecule has 1 aromatic carbocycles. The zero-order chi connectivity index (χ0) is 16.6. The van der Waals surface area contributed by atoms with Crippen molar-refractivity contribution in [1.29, 1.82) is 0 Å². The molecule has 2 aliphatic heterocycles. The van der Waals surface area contributed by atoms with Gasteiger partial charge in [0.05, 0.1) is 16.1 Å². The fraction of sp³-hybridized carbons (Fsp3) is 0.562. The topological polar surface area (TPSA) is 72.8 Å². The SMILES string of the molecule is O=C(CC1CN[C@@H](c2c(O)ccc(Cl)c2Cl)C1)N1CC[C@@H](O)C1. The largest absolute Gasteiger partial charge is 0.508 e. The van der Waals surface area contributed by atoms with Crippen molar-refractivity contribution in [1.82, 2.24) is 10.2 Å². The van der Waals surface area contributed by atoms with Crippen molar-refractivity contribution in [3.8, 4) is 5.75 Å². The van der Waals surface area contributed by atoms with Crippen molar-refractivity contribution in [3.63, 3.8) is 0 Å². The third kappa shape index (κ3) is 3.58. The van der Waals surface area contributed by atoms with Crippen LogP contribution in [0.25, 0.3) is 0 Å². The number of carbonyl (C=O) groups is 1. The maximum atomic E-state index is 12.3. The molecule has 0 spiro atoms. The molecule has 5 nitrogen and oxygen atoms in total. The first-order chi connectivity index (χ1) is 11.0. The van der Waals surface area contributed by atoms with Gasteiger partial charge in [0.2, 0.25) is 5.91 Å². The number of likely N-dealkylation sites (tertiary alicyclic amines) is 1. The highest BCUT2D eigenvalue weighted by Gasteiger charge is 2.33. The molecule has 1 aromatic rings. The molecule has 126 valence electrons. The maximum absolute atomic E-state index is 12.3. The molecule has 2 heterocycles. The number of carbonyl (C=O) groups excluding carboxylic acids is 1. The molecule has 2 fully saturated rings. The number of aromatic hydroxyl groups is 1. The molecule has 0 bridgehead atoms. The van der Waals surface area contributed by atoms with Crippen molar-refractivity contribution < 1.29 is 15.0 Å². The molecule has 23 heavy (non-hydrogen) atoms. The van der Waals surface area contributed by atoms with E-state index >= 15 is 0 Å². The number of hydrogen-bond acceptors (Lipinski definition) is 4. The van der Waals surface area contributed by atoms with Crippen LogP contribution in [0, 0.1) is 5.92 Å². The zero-order valence-corrected chi connectivity index (χ0v) is 14.1. The Kier molecular flexibility index (Phi) is 5.01. The third-order valence-electron chi connectivity index (χ3n) is 4.66. The van der Waals surface area contributed by atoms with Crippen molar-refractivity contribution in [2.75, 3.05) is 19.6 Å². The number of hydrogen-bond donors (Lipinski definition) is 3. The summed E-state index contributed by atoms with van der Waals surface area (Å²) in [5.74, 6) is 0.377. The number of β-amino-alcohol motifs (C(OH)–C–C–N with tert-alkyl or cyclic N) is 1. The van der Waals surface area contributed by atoms with Crippen molar-refractivity contribution in [2.45, 2.75) is 31.4 Å². The van der Waals surface area contributed by atoms with E-state index in [0.29, 0.717) is 48.1 Å². The van der Waals surface area contributed by atoms with Gasteiger partial charge in [0.15, 0.2) is 0 Å². The van der Waals surface area contributed by atoms with Crippen molar-refractivity contribution in [2.24, 2.45) is 5.92 Å². The highest BCUT2D eigenvalue weighted by Crippen LogP contribution is 2.41. The van der Waals surface area contributed by atoms with E-state index in [2.05, 4.69) is 5.32 Å². The number of halogens is 2. The molecule has 3 atom stereocenters. The van der Waals surface area contributed by atoms with Crippen molar-refractivity contribution >= 4 is 29.1 Å². The van der Waals surface area contributed by atoms with Crippen LogP contribution in [0.15, 0.2) is 12.1 Å². The van der Waals surface area contributed by atoms with E-state index in [9.17, 15) is 15.0 Å². The summed E-state index contributed by atoms with van der Waals surface area (Å²) in [6.07, 6.45) is 1.42. The summed E-state index contributed by atoms with van der Waals surface area (Å²) in [6, 6.07) is 3.00. The van der Waals surface area contributed by atoms with E-state index in [1.54, 1.807) is 11.0 Å². The molecule has 0 aliphatic carbocycles. The molecule has 7 heteroatoms. The lowest BCUT2D eigenvalue weighted by Crippen LogP contribution is -2.31. The fourth-order valence-electron chi connectivity index (χ4n) is 3.42. The first-order valence-corrected chi connectivity index (χ1v) is 8.57. The van der Waals surface area contributed by atoms with Crippen LogP contribution in [0.4, 0.5) is 0 Å². The van der Waals surface area contributed by atoms with Crippen LogP contribution in [-0.4, -0.2) is 46.8 Å². The molecular formula is C16H20Cl2N2O3. The molecule has 0 aromatic heterocycles. The zero-order valence-electron chi connectivity index (χ0n) is 12.6. The number of aliphatic hydroxyl groups excluding tert-OH is 1. The lowest BCUT2D eigenvalue weighted by atomic mass is 9.96. The summed E-state index contributed by atoms with van der Waals surface area (Å²) >= 11 is 12.2. The van der Waals surface area contributed by atoms with Crippen LogP contribution in [0.2, 0.25) is 10.0 Å². The molecular weight excluding hydrogens is 339 g/mol. The van der Waals surface area contributed by atoms with Crippen LogP contribution >= 0.6 is 23.2 Å². The Morgan fingerprint density at radius 1 is 1.39 bits per heavy atom. The monoisotopic (exact) mass is 358 g/mol. The molecule has 0 radical (unpaired) electrons. The Hall–Kier alpha value is -1.01. The van der Waals surface area contributed by atoms with Gasteiger partial charge in [-0.15, -0.1) is 0 Å². The van der Waals surface area contributed by atoms with E-state index < -0.39 is 6.10 Å². The minimum absolute atomic E-state index is 0.0791. The molecule has 3 rings (SSSR count). The second-order valence-electron chi connectivity index (χ2n) is 6.34. The number of rotatable bonds is 3. The van der Waals surface area contributed by atoms with E-state index in [-0.39, 0.29) is 23.6 Å². The van der Waals surface area contributed by atoms with Gasteiger partial charge < -0.3 is 20.4 Å². The van der Waals surface area contributed by atoms with E-state index in [1.165, 1.54) is 6.07 Å². The van der Waals surface area contributed by atoms with Gasteiger partial charge in [-0.25, -0.2) is 0 Å². The number of phenolic OH excluding ortho intramolecular Hbond substituents is 1. The Morgan fingerprint density at radius 2 is 2.17 bits per heavy atom. The van der Waals surface area contributed by atoms with Gasteiger partial charge in [-0.1, -0.05) is 23.2 Å². The smallest absolute Gasteiger partial charge is 0.222 e. The number of nitrogens with zero attached hydrogens (tertiary/aromatic N) is 1. The standard InChI is InChI=1S/C16H20Cl2N2O3/c17-11-1-2-13(22)15(16(11)18)12-5-9(7-19-12)6-14(23)20-4-3-10(21)8-20/h1-2,9-10,12,19,21-22H,3-8H2/t9?,10-,12-/m1/s1. The van der Waals surface area contributed by atoms with Gasteiger partial charge in [-0.05, 0) is 37.4 Å². The summed E-state index contributed by atoms with van der Waals surface area (Å²) in [5, 5.41) is 23.7. The van der Waals surface area contributed by atoms with Crippen LogP contribution < -0.4 is 5.32 Å². The van der Waals surface area contributed by atoms with Gasteiger partial charge in [0.1, 0.15) is 5.75 Å². The lowest BCUT2D eigenvalue weighted by molar-refractivity contribution is -0.131. The Bertz CT molecular complexity index is 611. The first kappa shape index (κ1) is 16.8. The van der Waals surface area contributed by atoms with Gasteiger partial charge in [0.25, 0.3) is 0 Å². The first-order valence-electron chi connectivity index (χ1n) is 7.81. The highest BCUT2D eigenvalue weighted by atomic mass is 35.5. The Balaban J connectivity index is 1.63. The summed E-state index contributed by atoms with van der Waals surface area (Å²) in [6.45, 7) is 1.75. The van der Waals surface area contributed by atoms with Gasteiger partial charge in [0, 0.05) is 31.1 Å². The summed E-state index contributed by atoms with van der Waals surface area (Å²) in [7, 11) is 0. The quantitative estimate of drug-likeness (QED) is 0.775. The number of amides is 1.